The van der Waals surface area contributed by atoms with Crippen molar-refractivity contribution in [1.29, 1.82) is 0 Å². The zero-order valence-corrected chi connectivity index (χ0v) is 15.4. The summed E-state index contributed by atoms with van der Waals surface area (Å²) in [5.74, 6) is -0.418. The van der Waals surface area contributed by atoms with E-state index in [-0.39, 0.29) is 5.69 Å². The highest BCUT2D eigenvalue weighted by Crippen LogP contribution is 2.36. The summed E-state index contributed by atoms with van der Waals surface area (Å²) in [4.78, 5) is 14.5. The molecule has 1 heterocycles. The molecule has 0 atom stereocenters. The molecule has 7 heteroatoms. The number of nitrogens with zero attached hydrogens (tertiary/aromatic N) is 1. The van der Waals surface area contributed by atoms with Gasteiger partial charge in [0.25, 0.3) is 5.91 Å². The van der Waals surface area contributed by atoms with E-state index in [2.05, 4.69) is 27.9 Å². The predicted molar refractivity (Wildman–Crippen MR) is 100 cm³/mol. The number of nitrogens with one attached hydrogen (secondary N) is 1. The quantitative estimate of drug-likeness (QED) is 0.642. The lowest BCUT2D eigenvalue weighted by atomic mass is 10.1. The molecule has 0 saturated carbocycles. The third-order valence-electron chi connectivity index (χ3n) is 4.11. The van der Waals surface area contributed by atoms with Gasteiger partial charge >= 0.3 is 6.18 Å². The number of benzene rings is 2. The van der Waals surface area contributed by atoms with Gasteiger partial charge in [0.1, 0.15) is 0 Å². The van der Waals surface area contributed by atoms with Gasteiger partial charge in [-0.3, -0.25) is 4.79 Å². The topological polar surface area (TPSA) is 32.3 Å². The average Bonchev–Trinajstić information content (AvgIpc) is 3.08. The molecule has 3 nitrogen and oxygen atoms in total. The molecule has 1 fully saturated rings. The molecule has 0 spiro atoms. The van der Waals surface area contributed by atoms with Crippen LogP contribution in [0.15, 0.2) is 42.5 Å². The van der Waals surface area contributed by atoms with Crippen LogP contribution in [0.5, 0.6) is 0 Å². The van der Waals surface area contributed by atoms with Crippen molar-refractivity contribution in [3.63, 3.8) is 0 Å². The molecule has 0 aromatic heterocycles. The van der Waals surface area contributed by atoms with E-state index in [0.29, 0.717) is 11.3 Å². The number of amides is 1. The van der Waals surface area contributed by atoms with Crippen molar-refractivity contribution in [3.05, 3.63) is 57.2 Å². The van der Waals surface area contributed by atoms with Crippen LogP contribution in [-0.4, -0.2) is 19.0 Å². The second kappa shape index (κ2) is 7.23. The van der Waals surface area contributed by atoms with Gasteiger partial charge in [0.15, 0.2) is 0 Å². The van der Waals surface area contributed by atoms with Crippen LogP contribution in [0.4, 0.5) is 24.5 Å². The lowest BCUT2D eigenvalue weighted by molar-refractivity contribution is -0.137. The molecule has 1 N–H and O–H groups in total. The van der Waals surface area contributed by atoms with Crippen LogP contribution < -0.4 is 10.2 Å². The normalized spacial score (nSPS) is 14.6. The highest BCUT2D eigenvalue weighted by molar-refractivity contribution is 14.1. The molecule has 0 unspecified atom stereocenters. The highest BCUT2D eigenvalue weighted by atomic mass is 127. The van der Waals surface area contributed by atoms with Crippen molar-refractivity contribution in [2.45, 2.75) is 19.0 Å². The van der Waals surface area contributed by atoms with E-state index >= 15 is 0 Å². The van der Waals surface area contributed by atoms with Crippen molar-refractivity contribution < 1.29 is 18.0 Å². The second-order valence-electron chi connectivity index (χ2n) is 5.89. The first-order chi connectivity index (χ1) is 11.8. The Bertz CT molecular complexity index is 786. The Hall–Kier alpha value is -1.77. The maximum atomic E-state index is 13.1. The fraction of sp³-hybridized carbons (Fsp3) is 0.278. The number of halogens is 4. The van der Waals surface area contributed by atoms with Crippen molar-refractivity contribution >= 4 is 39.9 Å². The summed E-state index contributed by atoms with van der Waals surface area (Å²) in [6.45, 7) is 1.55. The number of carbonyl (C=O) groups is 1. The van der Waals surface area contributed by atoms with Crippen molar-refractivity contribution in [1.82, 2.24) is 0 Å². The van der Waals surface area contributed by atoms with E-state index in [1.54, 1.807) is 18.2 Å². The van der Waals surface area contributed by atoms with Crippen molar-refractivity contribution in [3.8, 4) is 0 Å². The number of anilines is 2. The smallest absolute Gasteiger partial charge is 0.370 e. The van der Waals surface area contributed by atoms with Crippen LogP contribution in [-0.2, 0) is 6.18 Å². The minimum atomic E-state index is -4.45. The monoisotopic (exact) mass is 460 g/mol. The Balaban J connectivity index is 1.95. The Morgan fingerprint density at radius 3 is 2.44 bits per heavy atom. The fourth-order valence-corrected chi connectivity index (χ4v) is 3.41. The molecule has 2 aromatic carbocycles. The summed E-state index contributed by atoms with van der Waals surface area (Å²) in [6, 6.07) is 10.4. The largest absolute Gasteiger partial charge is 0.416 e. The number of hydrogen-bond donors (Lipinski definition) is 1. The molecule has 1 aliphatic rings. The summed E-state index contributed by atoms with van der Waals surface area (Å²) in [5, 5.41) is 2.66. The molecule has 132 valence electrons. The molecule has 1 saturated heterocycles. The Morgan fingerprint density at radius 1 is 1.08 bits per heavy atom. The molecule has 1 aliphatic heterocycles. The maximum absolute atomic E-state index is 13.1. The van der Waals surface area contributed by atoms with Gasteiger partial charge < -0.3 is 10.2 Å². The van der Waals surface area contributed by atoms with Gasteiger partial charge in [0, 0.05) is 22.2 Å². The number of alkyl halides is 3. The maximum Gasteiger partial charge on any atom is 0.416 e. The molecular weight excluding hydrogens is 444 g/mol. The van der Waals surface area contributed by atoms with E-state index in [4.69, 9.17) is 0 Å². The zero-order valence-electron chi connectivity index (χ0n) is 13.2. The summed E-state index contributed by atoms with van der Waals surface area (Å²) >= 11 is 2.09. The molecule has 1 amide bonds. The van der Waals surface area contributed by atoms with Gasteiger partial charge in [-0.2, -0.15) is 13.2 Å². The van der Waals surface area contributed by atoms with Crippen LogP contribution in [0.1, 0.15) is 28.8 Å². The van der Waals surface area contributed by atoms with E-state index in [9.17, 15) is 18.0 Å². The van der Waals surface area contributed by atoms with E-state index in [1.807, 2.05) is 11.0 Å². The first kappa shape index (κ1) is 18.0. The SMILES string of the molecule is O=C(Nc1cc(C(F)(F)F)ccc1N1CCCC1)c1cccc(I)c1. The minimum absolute atomic E-state index is 0.195. The minimum Gasteiger partial charge on any atom is -0.370 e. The number of rotatable bonds is 3. The Morgan fingerprint density at radius 2 is 1.80 bits per heavy atom. The lowest BCUT2D eigenvalue weighted by Crippen LogP contribution is -2.22. The number of hydrogen-bond acceptors (Lipinski definition) is 2. The fourth-order valence-electron chi connectivity index (χ4n) is 2.87. The first-order valence-electron chi connectivity index (χ1n) is 7.88. The first-order valence-corrected chi connectivity index (χ1v) is 8.95. The predicted octanol–water partition coefficient (Wildman–Crippen LogP) is 5.16. The summed E-state index contributed by atoms with van der Waals surface area (Å²) in [7, 11) is 0. The van der Waals surface area contributed by atoms with Crippen molar-refractivity contribution in [2.24, 2.45) is 0 Å². The van der Waals surface area contributed by atoms with Gasteiger partial charge in [-0.25, -0.2) is 0 Å². The van der Waals surface area contributed by atoms with Gasteiger partial charge in [0.05, 0.1) is 16.9 Å². The molecule has 0 radical (unpaired) electrons. The third kappa shape index (κ3) is 4.26. The lowest BCUT2D eigenvalue weighted by Gasteiger charge is -2.23. The Kier molecular flexibility index (Phi) is 5.21. The molecule has 0 bridgehead atoms. The summed E-state index contributed by atoms with van der Waals surface area (Å²) in [6.07, 6.45) is -2.47. The standard InChI is InChI=1S/C18H16F3IN2O/c19-18(20,21)13-6-7-16(24-8-1-2-9-24)15(11-13)23-17(25)12-4-3-5-14(22)10-12/h3-7,10-11H,1-2,8-9H2,(H,23,25). The van der Waals surface area contributed by atoms with Crippen LogP contribution in [0.3, 0.4) is 0 Å². The van der Waals surface area contributed by atoms with Crippen LogP contribution >= 0.6 is 22.6 Å². The van der Waals surface area contributed by atoms with E-state index in [1.165, 1.54) is 6.07 Å². The summed E-state index contributed by atoms with van der Waals surface area (Å²) < 4.78 is 40.1. The van der Waals surface area contributed by atoms with Crippen LogP contribution in [0.25, 0.3) is 0 Å². The van der Waals surface area contributed by atoms with Crippen molar-refractivity contribution in [2.75, 3.05) is 23.3 Å². The van der Waals surface area contributed by atoms with E-state index in [0.717, 1.165) is 41.6 Å². The molecule has 25 heavy (non-hydrogen) atoms. The second-order valence-corrected chi connectivity index (χ2v) is 7.13. The molecule has 2 aromatic rings. The average molecular weight is 460 g/mol. The van der Waals surface area contributed by atoms with Crippen LogP contribution in [0, 0.1) is 3.57 Å². The summed E-state index contributed by atoms with van der Waals surface area (Å²) in [5.41, 5.74) is 0.468. The van der Waals surface area contributed by atoms with Crippen LogP contribution in [0.2, 0.25) is 0 Å². The molecule has 3 rings (SSSR count). The van der Waals surface area contributed by atoms with E-state index < -0.39 is 17.6 Å². The van der Waals surface area contributed by atoms with Gasteiger partial charge in [0.2, 0.25) is 0 Å². The number of carbonyl (C=O) groups excluding carboxylic acids is 1. The third-order valence-corrected chi connectivity index (χ3v) is 4.78. The molecular formula is C18H16F3IN2O. The van der Waals surface area contributed by atoms with Gasteiger partial charge in [-0.05, 0) is 71.8 Å². The zero-order chi connectivity index (χ0) is 18.0. The van der Waals surface area contributed by atoms with Gasteiger partial charge in [-0.1, -0.05) is 6.07 Å². The highest BCUT2D eigenvalue weighted by Gasteiger charge is 2.32. The van der Waals surface area contributed by atoms with Gasteiger partial charge in [-0.15, -0.1) is 0 Å². The molecule has 0 aliphatic carbocycles. The Labute approximate surface area is 157 Å².